The van der Waals surface area contributed by atoms with Gasteiger partial charge in [0.05, 0.1) is 19.8 Å². The highest BCUT2D eigenvalue weighted by Gasteiger charge is 2.22. The van der Waals surface area contributed by atoms with Crippen LogP contribution in [-0.2, 0) is 11.3 Å². The third kappa shape index (κ3) is 8.43. The number of aliphatic imine (C=N–C) groups is 1. The van der Waals surface area contributed by atoms with Crippen molar-refractivity contribution < 1.29 is 9.53 Å². The molecule has 7 nitrogen and oxygen atoms in total. The number of ether oxygens (including phenoxy) is 1. The Hall–Kier alpha value is -2.12. The van der Waals surface area contributed by atoms with Gasteiger partial charge in [-0.3, -0.25) is 9.69 Å². The minimum absolute atomic E-state index is 0.0827. The summed E-state index contributed by atoms with van der Waals surface area (Å²) >= 11 is 0. The van der Waals surface area contributed by atoms with Crippen LogP contribution in [0.1, 0.15) is 57.0 Å². The van der Waals surface area contributed by atoms with Crippen molar-refractivity contribution in [2.45, 2.75) is 53.6 Å². The normalized spacial score (nSPS) is 16.1. The Morgan fingerprint density at radius 2 is 1.75 bits per heavy atom. The van der Waals surface area contributed by atoms with Crippen LogP contribution in [0, 0.1) is 5.92 Å². The van der Waals surface area contributed by atoms with E-state index < -0.39 is 0 Å². The van der Waals surface area contributed by atoms with Crippen LogP contribution < -0.4 is 10.6 Å². The summed E-state index contributed by atoms with van der Waals surface area (Å²) in [6.07, 6.45) is 1.15. The molecule has 180 valence electrons. The lowest BCUT2D eigenvalue weighted by Gasteiger charge is -2.35. The predicted molar refractivity (Wildman–Crippen MR) is 132 cm³/mol. The molecule has 1 saturated heterocycles. The van der Waals surface area contributed by atoms with E-state index >= 15 is 0 Å². The van der Waals surface area contributed by atoms with Gasteiger partial charge in [0.15, 0.2) is 5.96 Å². The third-order valence-corrected chi connectivity index (χ3v) is 5.83. The average Bonchev–Trinajstić information content (AvgIpc) is 2.81. The first-order valence-electron chi connectivity index (χ1n) is 12.2. The predicted octanol–water partition coefficient (Wildman–Crippen LogP) is 2.97. The number of nitrogens with one attached hydrogen (secondary N) is 2. The van der Waals surface area contributed by atoms with Gasteiger partial charge >= 0.3 is 0 Å². The van der Waals surface area contributed by atoms with Gasteiger partial charge in [0, 0.05) is 50.9 Å². The molecule has 0 aromatic heterocycles. The third-order valence-electron chi connectivity index (χ3n) is 5.83. The van der Waals surface area contributed by atoms with E-state index in [4.69, 9.17) is 9.73 Å². The average molecular weight is 446 g/mol. The number of morpholine rings is 1. The summed E-state index contributed by atoms with van der Waals surface area (Å²) in [4.78, 5) is 21.6. The fourth-order valence-electron chi connectivity index (χ4n) is 4.02. The number of amides is 1. The monoisotopic (exact) mass is 445 g/mol. The molecule has 32 heavy (non-hydrogen) atoms. The first-order valence-corrected chi connectivity index (χ1v) is 12.2. The second-order valence-corrected chi connectivity index (χ2v) is 8.68. The second kappa shape index (κ2) is 14.1. The molecule has 1 aliphatic rings. The molecular formula is C25H43N5O2. The molecule has 2 rings (SSSR count). The van der Waals surface area contributed by atoms with Crippen molar-refractivity contribution in [1.29, 1.82) is 0 Å². The van der Waals surface area contributed by atoms with Gasteiger partial charge in [-0.15, -0.1) is 0 Å². The SMILES string of the molecule is CCNC(=NCc1ccc(C(=O)N(CC)CC)cc1)NCC(CC(C)C)N1CCOCC1. The molecule has 0 saturated carbocycles. The Kier molecular flexibility index (Phi) is 11.5. The fraction of sp³-hybridized carbons (Fsp3) is 0.680. The number of hydrogen-bond donors (Lipinski definition) is 2. The summed E-state index contributed by atoms with van der Waals surface area (Å²) in [5, 5.41) is 6.91. The van der Waals surface area contributed by atoms with Gasteiger partial charge in [-0.05, 0) is 50.8 Å². The van der Waals surface area contributed by atoms with Crippen molar-refractivity contribution in [2.75, 3.05) is 52.5 Å². The number of benzene rings is 1. The summed E-state index contributed by atoms with van der Waals surface area (Å²) in [7, 11) is 0. The highest BCUT2D eigenvalue weighted by Crippen LogP contribution is 2.13. The van der Waals surface area contributed by atoms with E-state index in [9.17, 15) is 4.79 Å². The van der Waals surface area contributed by atoms with Crippen LogP contribution >= 0.6 is 0 Å². The number of nitrogens with zero attached hydrogens (tertiary/aromatic N) is 3. The van der Waals surface area contributed by atoms with Gasteiger partial charge in [-0.25, -0.2) is 4.99 Å². The molecule has 1 aliphatic heterocycles. The topological polar surface area (TPSA) is 69.2 Å². The van der Waals surface area contributed by atoms with Crippen LogP contribution in [0.2, 0.25) is 0 Å². The molecule has 0 radical (unpaired) electrons. The van der Waals surface area contributed by atoms with Crippen LogP contribution in [0.25, 0.3) is 0 Å². The lowest BCUT2D eigenvalue weighted by Crippen LogP contribution is -2.51. The quantitative estimate of drug-likeness (QED) is 0.405. The van der Waals surface area contributed by atoms with Crippen LogP contribution in [-0.4, -0.2) is 80.2 Å². The lowest BCUT2D eigenvalue weighted by atomic mass is 10.0. The molecule has 1 amide bonds. The summed E-state index contributed by atoms with van der Waals surface area (Å²) in [5.74, 6) is 1.55. The zero-order valence-electron chi connectivity index (χ0n) is 20.7. The first-order chi connectivity index (χ1) is 15.5. The van der Waals surface area contributed by atoms with Crippen LogP contribution in [0.4, 0.5) is 0 Å². The molecule has 0 spiro atoms. The zero-order valence-corrected chi connectivity index (χ0v) is 20.7. The van der Waals surface area contributed by atoms with Gasteiger partial charge in [-0.2, -0.15) is 0 Å². The number of carbonyl (C=O) groups is 1. The van der Waals surface area contributed by atoms with Crippen molar-refractivity contribution in [3.05, 3.63) is 35.4 Å². The van der Waals surface area contributed by atoms with E-state index in [1.54, 1.807) is 0 Å². The molecule has 1 atom stereocenters. The molecule has 1 aromatic rings. The molecular weight excluding hydrogens is 402 g/mol. The zero-order chi connectivity index (χ0) is 23.3. The molecule has 1 aromatic carbocycles. The van der Waals surface area contributed by atoms with E-state index in [0.29, 0.717) is 18.5 Å². The number of guanidine groups is 1. The fourth-order valence-corrected chi connectivity index (χ4v) is 4.02. The highest BCUT2D eigenvalue weighted by atomic mass is 16.5. The summed E-state index contributed by atoms with van der Waals surface area (Å²) in [5.41, 5.74) is 1.82. The van der Waals surface area contributed by atoms with E-state index in [1.807, 2.05) is 43.0 Å². The van der Waals surface area contributed by atoms with Crippen LogP contribution in [0.3, 0.4) is 0 Å². The maximum Gasteiger partial charge on any atom is 0.253 e. The maximum atomic E-state index is 12.5. The van der Waals surface area contributed by atoms with Gasteiger partial charge in [0.2, 0.25) is 0 Å². The van der Waals surface area contributed by atoms with E-state index in [1.165, 1.54) is 0 Å². The largest absolute Gasteiger partial charge is 0.379 e. The van der Waals surface area contributed by atoms with Crippen molar-refractivity contribution in [2.24, 2.45) is 10.9 Å². The van der Waals surface area contributed by atoms with Crippen molar-refractivity contribution in [3.8, 4) is 0 Å². The molecule has 0 aliphatic carbocycles. The van der Waals surface area contributed by atoms with Crippen LogP contribution in [0.5, 0.6) is 0 Å². The minimum Gasteiger partial charge on any atom is -0.379 e. The molecule has 1 heterocycles. The van der Waals surface area contributed by atoms with Crippen molar-refractivity contribution in [3.63, 3.8) is 0 Å². The van der Waals surface area contributed by atoms with E-state index in [0.717, 1.165) is 76.0 Å². The maximum absolute atomic E-state index is 12.5. The summed E-state index contributed by atoms with van der Waals surface area (Å²) in [6, 6.07) is 8.28. The van der Waals surface area contributed by atoms with Gasteiger partial charge in [-0.1, -0.05) is 26.0 Å². The molecule has 2 N–H and O–H groups in total. The second-order valence-electron chi connectivity index (χ2n) is 8.68. The molecule has 7 heteroatoms. The Labute approximate surface area is 194 Å². The number of rotatable bonds is 11. The van der Waals surface area contributed by atoms with Gasteiger partial charge < -0.3 is 20.3 Å². The lowest BCUT2D eigenvalue weighted by molar-refractivity contribution is 0.0132. The standard InChI is InChI=1S/C25H43N5O2/c1-6-26-25(28-19-23(17-20(4)5)30-13-15-32-16-14-30)27-18-21-9-11-22(12-10-21)24(31)29(7-2)8-3/h9-12,20,23H,6-8,13-19H2,1-5H3,(H2,26,27,28). The van der Waals surface area contributed by atoms with Crippen LogP contribution in [0.15, 0.2) is 29.3 Å². The minimum atomic E-state index is 0.0827. The highest BCUT2D eigenvalue weighted by molar-refractivity contribution is 5.94. The Morgan fingerprint density at radius 1 is 1.09 bits per heavy atom. The molecule has 1 fully saturated rings. The summed E-state index contributed by atoms with van der Waals surface area (Å²) in [6.45, 7) is 18.0. The number of hydrogen-bond acceptors (Lipinski definition) is 4. The smallest absolute Gasteiger partial charge is 0.253 e. The van der Waals surface area contributed by atoms with Crippen molar-refractivity contribution >= 4 is 11.9 Å². The first kappa shape index (κ1) is 26.1. The Bertz CT molecular complexity index is 695. The van der Waals surface area contributed by atoms with Gasteiger partial charge in [0.1, 0.15) is 0 Å². The molecule has 1 unspecified atom stereocenters. The summed E-state index contributed by atoms with van der Waals surface area (Å²) < 4.78 is 5.53. The number of carbonyl (C=O) groups excluding carboxylic acids is 1. The Balaban J connectivity index is 1.98. The van der Waals surface area contributed by atoms with Gasteiger partial charge in [0.25, 0.3) is 5.91 Å². The van der Waals surface area contributed by atoms with Crippen molar-refractivity contribution in [1.82, 2.24) is 20.4 Å². The van der Waals surface area contributed by atoms with E-state index in [-0.39, 0.29) is 5.91 Å². The van der Waals surface area contributed by atoms with E-state index in [2.05, 4.69) is 36.3 Å². The molecule has 0 bridgehead atoms. The Morgan fingerprint density at radius 3 is 2.31 bits per heavy atom.